The third kappa shape index (κ3) is 1.84. The fourth-order valence-corrected chi connectivity index (χ4v) is 2.22. The largest absolute Gasteiger partial charge is 0.347 e. The minimum absolute atomic E-state index is 0.486. The third-order valence-electron chi connectivity index (χ3n) is 2.57. The summed E-state index contributed by atoms with van der Waals surface area (Å²) in [4.78, 5) is 10.6. The number of fused-ring (bicyclic) bond motifs is 1. The molecular weight excluding hydrogens is 254 g/mol. The van der Waals surface area contributed by atoms with Gasteiger partial charge in [-0.15, -0.1) is 0 Å². The van der Waals surface area contributed by atoms with Crippen molar-refractivity contribution >= 4 is 33.1 Å². The Morgan fingerprint density at radius 2 is 2.27 bits per heavy atom. The Bertz CT molecular complexity index is 502. The Balaban J connectivity index is 2.69. The molecule has 78 valence electrons. The van der Waals surface area contributed by atoms with Gasteiger partial charge in [-0.05, 0) is 30.7 Å². The van der Waals surface area contributed by atoms with Crippen molar-refractivity contribution in [1.82, 2.24) is 4.57 Å². The van der Waals surface area contributed by atoms with Gasteiger partial charge in [0.2, 0.25) is 0 Å². The molecule has 0 amide bonds. The van der Waals surface area contributed by atoms with E-state index in [0.717, 1.165) is 22.9 Å². The van der Waals surface area contributed by atoms with Crippen LogP contribution in [0.2, 0.25) is 0 Å². The molecule has 2 rings (SSSR count). The normalized spacial score (nSPS) is 10.8. The molecule has 0 spiro atoms. The van der Waals surface area contributed by atoms with Gasteiger partial charge in [0.25, 0.3) is 0 Å². The maximum atomic E-state index is 10.6. The van der Waals surface area contributed by atoms with Crippen LogP contribution in [0.3, 0.4) is 0 Å². The first-order valence-corrected chi connectivity index (χ1v) is 5.76. The maximum Gasteiger partial charge on any atom is 0.124 e. The van der Waals surface area contributed by atoms with E-state index in [2.05, 4.69) is 45.8 Å². The molecule has 2 aromatic rings. The lowest BCUT2D eigenvalue weighted by Gasteiger charge is -1.99. The molecule has 0 fully saturated rings. The van der Waals surface area contributed by atoms with Gasteiger partial charge in [-0.2, -0.15) is 0 Å². The smallest absolute Gasteiger partial charge is 0.124 e. The molecule has 0 aliphatic heterocycles. The zero-order valence-corrected chi connectivity index (χ0v) is 10.1. The lowest BCUT2D eigenvalue weighted by atomic mass is 10.1. The SMILES string of the molecule is CCn1cc(CC=O)c2cc(Br)ccc21. The Hall–Kier alpha value is -1.09. The van der Waals surface area contributed by atoms with Gasteiger partial charge in [0, 0.05) is 34.5 Å². The van der Waals surface area contributed by atoms with E-state index in [1.54, 1.807) is 0 Å². The summed E-state index contributed by atoms with van der Waals surface area (Å²) in [7, 11) is 0. The number of aromatic nitrogens is 1. The molecule has 0 N–H and O–H groups in total. The molecule has 0 radical (unpaired) electrons. The summed E-state index contributed by atoms with van der Waals surface area (Å²) >= 11 is 3.45. The Kier molecular flexibility index (Phi) is 2.91. The number of hydrogen-bond donors (Lipinski definition) is 0. The van der Waals surface area contributed by atoms with Crippen LogP contribution in [-0.2, 0) is 17.8 Å². The van der Waals surface area contributed by atoms with E-state index in [4.69, 9.17) is 0 Å². The number of rotatable bonds is 3. The molecular formula is C12H12BrNO. The highest BCUT2D eigenvalue weighted by atomic mass is 79.9. The highest BCUT2D eigenvalue weighted by Crippen LogP contribution is 2.25. The van der Waals surface area contributed by atoms with Gasteiger partial charge in [0.1, 0.15) is 6.29 Å². The van der Waals surface area contributed by atoms with E-state index < -0.39 is 0 Å². The minimum Gasteiger partial charge on any atom is -0.347 e. The summed E-state index contributed by atoms with van der Waals surface area (Å²) in [5, 5.41) is 1.17. The Morgan fingerprint density at radius 3 is 2.93 bits per heavy atom. The lowest BCUT2D eigenvalue weighted by molar-refractivity contribution is -0.107. The van der Waals surface area contributed by atoms with Gasteiger partial charge in [-0.25, -0.2) is 0 Å². The summed E-state index contributed by atoms with van der Waals surface area (Å²) in [6.07, 6.45) is 3.50. The monoisotopic (exact) mass is 265 g/mol. The van der Waals surface area contributed by atoms with Crippen LogP contribution in [0.25, 0.3) is 10.9 Å². The molecule has 1 aromatic heterocycles. The van der Waals surface area contributed by atoms with Crippen LogP contribution < -0.4 is 0 Å². The van der Waals surface area contributed by atoms with Gasteiger partial charge in [-0.1, -0.05) is 15.9 Å². The molecule has 0 aliphatic carbocycles. The second kappa shape index (κ2) is 4.19. The summed E-state index contributed by atoms with van der Waals surface area (Å²) in [5.74, 6) is 0. The quantitative estimate of drug-likeness (QED) is 0.782. The standard InChI is InChI=1S/C12H12BrNO/c1-2-14-8-9(5-6-15)11-7-10(13)3-4-12(11)14/h3-4,6-8H,2,5H2,1H3. The van der Waals surface area contributed by atoms with Crippen LogP contribution in [0.15, 0.2) is 28.9 Å². The van der Waals surface area contributed by atoms with E-state index in [1.165, 1.54) is 10.9 Å². The number of hydrogen-bond acceptors (Lipinski definition) is 1. The predicted molar refractivity (Wildman–Crippen MR) is 65.1 cm³/mol. The molecule has 0 aliphatic rings. The van der Waals surface area contributed by atoms with Crippen molar-refractivity contribution in [3.05, 3.63) is 34.4 Å². The molecule has 15 heavy (non-hydrogen) atoms. The van der Waals surface area contributed by atoms with Gasteiger partial charge in [0.05, 0.1) is 0 Å². The van der Waals surface area contributed by atoms with Crippen LogP contribution in [0.1, 0.15) is 12.5 Å². The van der Waals surface area contributed by atoms with Crippen molar-refractivity contribution in [2.75, 3.05) is 0 Å². The number of carbonyl (C=O) groups excluding carboxylic acids is 1. The zero-order chi connectivity index (χ0) is 10.8. The van der Waals surface area contributed by atoms with Crippen molar-refractivity contribution in [2.45, 2.75) is 19.9 Å². The number of benzene rings is 1. The van der Waals surface area contributed by atoms with Gasteiger partial charge in [0.15, 0.2) is 0 Å². The summed E-state index contributed by atoms with van der Waals surface area (Å²) in [5.41, 5.74) is 2.29. The minimum atomic E-state index is 0.486. The molecule has 0 saturated heterocycles. The van der Waals surface area contributed by atoms with E-state index >= 15 is 0 Å². The molecule has 0 saturated carbocycles. The van der Waals surface area contributed by atoms with E-state index in [0.29, 0.717) is 6.42 Å². The first-order valence-electron chi connectivity index (χ1n) is 4.97. The molecule has 3 heteroatoms. The van der Waals surface area contributed by atoms with Crippen molar-refractivity contribution < 1.29 is 4.79 Å². The van der Waals surface area contributed by atoms with Crippen LogP contribution in [-0.4, -0.2) is 10.9 Å². The average molecular weight is 266 g/mol. The van der Waals surface area contributed by atoms with E-state index in [-0.39, 0.29) is 0 Å². The molecule has 0 unspecified atom stereocenters. The Morgan fingerprint density at radius 1 is 1.47 bits per heavy atom. The molecule has 1 heterocycles. The van der Waals surface area contributed by atoms with Crippen molar-refractivity contribution in [1.29, 1.82) is 0 Å². The summed E-state index contributed by atoms with van der Waals surface area (Å²) < 4.78 is 3.22. The average Bonchev–Trinajstić information content (AvgIpc) is 2.57. The molecule has 0 bridgehead atoms. The van der Waals surface area contributed by atoms with E-state index in [1.807, 2.05) is 6.07 Å². The van der Waals surface area contributed by atoms with Crippen molar-refractivity contribution in [2.24, 2.45) is 0 Å². The second-order valence-corrected chi connectivity index (χ2v) is 4.39. The predicted octanol–water partition coefficient (Wildman–Crippen LogP) is 3.17. The maximum absolute atomic E-state index is 10.6. The van der Waals surface area contributed by atoms with Crippen LogP contribution in [0, 0.1) is 0 Å². The fraction of sp³-hybridized carbons (Fsp3) is 0.250. The molecule has 1 aromatic carbocycles. The number of aryl methyl sites for hydroxylation is 1. The number of halogens is 1. The number of aldehydes is 1. The van der Waals surface area contributed by atoms with Crippen LogP contribution in [0.4, 0.5) is 0 Å². The van der Waals surface area contributed by atoms with Crippen LogP contribution >= 0.6 is 15.9 Å². The third-order valence-corrected chi connectivity index (χ3v) is 3.06. The topological polar surface area (TPSA) is 22.0 Å². The lowest BCUT2D eigenvalue weighted by Crippen LogP contribution is -1.90. The summed E-state index contributed by atoms with van der Waals surface area (Å²) in [6.45, 7) is 3.03. The van der Waals surface area contributed by atoms with Crippen molar-refractivity contribution in [3.63, 3.8) is 0 Å². The molecule has 0 atom stereocenters. The van der Waals surface area contributed by atoms with Crippen LogP contribution in [0.5, 0.6) is 0 Å². The van der Waals surface area contributed by atoms with Gasteiger partial charge >= 0.3 is 0 Å². The number of carbonyl (C=O) groups is 1. The fourth-order valence-electron chi connectivity index (χ4n) is 1.86. The van der Waals surface area contributed by atoms with Gasteiger partial charge < -0.3 is 9.36 Å². The van der Waals surface area contributed by atoms with Gasteiger partial charge in [-0.3, -0.25) is 0 Å². The first kappa shape index (κ1) is 10.4. The highest BCUT2D eigenvalue weighted by Gasteiger charge is 2.07. The first-order chi connectivity index (χ1) is 7.26. The second-order valence-electron chi connectivity index (χ2n) is 3.47. The summed E-state index contributed by atoms with van der Waals surface area (Å²) in [6, 6.07) is 6.18. The highest BCUT2D eigenvalue weighted by molar-refractivity contribution is 9.10. The zero-order valence-electron chi connectivity index (χ0n) is 8.53. The van der Waals surface area contributed by atoms with E-state index in [9.17, 15) is 4.79 Å². The molecule has 2 nitrogen and oxygen atoms in total. The Labute approximate surface area is 97.0 Å². The van der Waals surface area contributed by atoms with Crippen molar-refractivity contribution in [3.8, 4) is 0 Å². The number of nitrogens with zero attached hydrogens (tertiary/aromatic N) is 1.